The van der Waals surface area contributed by atoms with Crippen molar-refractivity contribution in [1.82, 2.24) is 19.8 Å². The molecule has 0 aliphatic carbocycles. The first-order valence-electron chi connectivity index (χ1n) is 10.9. The maximum absolute atomic E-state index is 13.4. The number of alkyl halides is 3. The molecule has 172 valence electrons. The molecule has 0 amide bonds. The minimum atomic E-state index is -4.41. The molecular formula is C24H23F3N4OS. The zero-order chi connectivity index (χ0) is 23.0. The maximum Gasteiger partial charge on any atom is 0.416 e. The van der Waals surface area contributed by atoms with Gasteiger partial charge in [0.1, 0.15) is 0 Å². The van der Waals surface area contributed by atoms with Crippen LogP contribution in [0.15, 0.2) is 67.0 Å². The molecule has 3 atom stereocenters. The molecule has 0 saturated carbocycles. The van der Waals surface area contributed by atoms with E-state index in [-0.39, 0.29) is 18.2 Å². The van der Waals surface area contributed by atoms with Gasteiger partial charge in [-0.2, -0.15) is 13.2 Å². The summed E-state index contributed by atoms with van der Waals surface area (Å²) in [5.41, 5.74) is 1.41. The van der Waals surface area contributed by atoms with E-state index in [2.05, 4.69) is 15.2 Å². The number of nitrogens with one attached hydrogen (secondary N) is 1. The molecule has 4 heterocycles. The molecule has 2 saturated heterocycles. The van der Waals surface area contributed by atoms with Gasteiger partial charge in [-0.25, -0.2) is 0 Å². The van der Waals surface area contributed by atoms with Crippen LogP contribution >= 0.6 is 12.2 Å². The summed E-state index contributed by atoms with van der Waals surface area (Å²) < 4.78 is 47.8. The minimum absolute atomic E-state index is 0.0618. The average molecular weight is 473 g/mol. The van der Waals surface area contributed by atoms with Crippen molar-refractivity contribution < 1.29 is 17.9 Å². The smallest absolute Gasteiger partial charge is 0.376 e. The Bertz CT molecular complexity index is 1130. The van der Waals surface area contributed by atoms with Gasteiger partial charge in [0.05, 0.1) is 29.4 Å². The highest BCUT2D eigenvalue weighted by atomic mass is 32.1. The zero-order valence-corrected chi connectivity index (χ0v) is 18.5. The lowest BCUT2D eigenvalue weighted by atomic mass is 10.0. The molecule has 0 unspecified atom stereocenters. The third kappa shape index (κ3) is 4.35. The Labute approximate surface area is 195 Å². The second kappa shape index (κ2) is 8.79. The summed E-state index contributed by atoms with van der Waals surface area (Å²) in [6.45, 7) is 1.33. The minimum Gasteiger partial charge on any atom is -0.376 e. The fourth-order valence-electron chi connectivity index (χ4n) is 4.63. The van der Waals surface area contributed by atoms with Crippen LogP contribution in [0.2, 0.25) is 0 Å². The fraction of sp³-hybridized carbons (Fsp3) is 0.333. The maximum atomic E-state index is 13.4. The van der Waals surface area contributed by atoms with Crippen molar-refractivity contribution in [3.8, 4) is 5.69 Å². The van der Waals surface area contributed by atoms with E-state index in [9.17, 15) is 13.2 Å². The van der Waals surface area contributed by atoms with Crippen LogP contribution in [-0.4, -0.2) is 38.8 Å². The van der Waals surface area contributed by atoms with Gasteiger partial charge in [0.15, 0.2) is 5.11 Å². The average Bonchev–Trinajstić information content (AvgIpc) is 3.55. The van der Waals surface area contributed by atoms with E-state index in [0.29, 0.717) is 17.3 Å². The summed E-state index contributed by atoms with van der Waals surface area (Å²) in [6.07, 6.45) is 1.12. The van der Waals surface area contributed by atoms with Crippen molar-refractivity contribution in [2.45, 2.75) is 37.2 Å². The van der Waals surface area contributed by atoms with Crippen LogP contribution in [0.4, 0.5) is 13.2 Å². The largest absolute Gasteiger partial charge is 0.416 e. The van der Waals surface area contributed by atoms with Gasteiger partial charge in [0.2, 0.25) is 0 Å². The first-order valence-corrected chi connectivity index (χ1v) is 11.3. The number of hydrogen-bond acceptors (Lipinski definition) is 3. The first-order chi connectivity index (χ1) is 15.9. The number of benzene rings is 1. The van der Waals surface area contributed by atoms with Crippen molar-refractivity contribution >= 4 is 17.3 Å². The summed E-state index contributed by atoms with van der Waals surface area (Å²) in [7, 11) is 0. The molecule has 0 spiro atoms. The van der Waals surface area contributed by atoms with Gasteiger partial charge >= 0.3 is 6.18 Å². The number of aromatic nitrogens is 2. The number of thiocarbonyl (C=S) groups is 1. The van der Waals surface area contributed by atoms with Crippen molar-refractivity contribution in [2.24, 2.45) is 0 Å². The molecule has 0 bridgehead atoms. The SMILES string of the molecule is FC(F)(F)c1cccc(-n2cccc2[C@@H]2[C@H](c3ccccn3)NC(=S)N2C[C@@H]2CCCO2)c1. The van der Waals surface area contributed by atoms with Crippen molar-refractivity contribution in [3.05, 3.63) is 83.9 Å². The number of rotatable bonds is 5. The summed E-state index contributed by atoms with van der Waals surface area (Å²) in [5, 5.41) is 3.98. The summed E-state index contributed by atoms with van der Waals surface area (Å²) >= 11 is 5.71. The molecule has 0 radical (unpaired) electrons. The Morgan fingerprint density at radius 2 is 2.00 bits per heavy atom. The van der Waals surface area contributed by atoms with E-state index >= 15 is 0 Å². The summed E-state index contributed by atoms with van der Waals surface area (Å²) in [4.78, 5) is 6.62. The van der Waals surface area contributed by atoms with Crippen LogP contribution in [0, 0.1) is 0 Å². The van der Waals surface area contributed by atoms with E-state index in [1.165, 1.54) is 12.1 Å². The van der Waals surface area contributed by atoms with Gasteiger partial charge in [0.25, 0.3) is 0 Å². The van der Waals surface area contributed by atoms with E-state index < -0.39 is 11.7 Å². The molecule has 2 aromatic heterocycles. The number of nitrogens with zero attached hydrogens (tertiary/aromatic N) is 3. The molecule has 9 heteroatoms. The van der Waals surface area contributed by atoms with Crippen LogP contribution < -0.4 is 5.32 Å². The fourth-order valence-corrected chi connectivity index (χ4v) is 4.95. The third-order valence-electron chi connectivity index (χ3n) is 6.16. The molecule has 2 aliphatic rings. The van der Waals surface area contributed by atoms with Crippen LogP contribution in [0.3, 0.4) is 0 Å². The Kier molecular flexibility index (Phi) is 5.84. The lowest BCUT2D eigenvalue weighted by Gasteiger charge is -2.30. The van der Waals surface area contributed by atoms with E-state index in [4.69, 9.17) is 17.0 Å². The second-order valence-corrected chi connectivity index (χ2v) is 8.65. The third-order valence-corrected chi connectivity index (χ3v) is 6.51. The molecular weight excluding hydrogens is 449 g/mol. The highest BCUT2D eigenvalue weighted by Gasteiger charge is 2.42. The Hall–Kier alpha value is -2.91. The molecule has 3 aromatic rings. The van der Waals surface area contributed by atoms with Crippen molar-refractivity contribution in [2.75, 3.05) is 13.2 Å². The molecule has 5 nitrogen and oxygen atoms in total. The highest BCUT2D eigenvalue weighted by molar-refractivity contribution is 7.80. The molecule has 2 fully saturated rings. The Balaban J connectivity index is 1.57. The summed E-state index contributed by atoms with van der Waals surface area (Å²) in [6, 6.07) is 14.3. The van der Waals surface area contributed by atoms with Gasteiger partial charge in [-0.05, 0) is 67.5 Å². The molecule has 2 aliphatic heterocycles. The summed E-state index contributed by atoms with van der Waals surface area (Å²) in [5.74, 6) is 0. The Morgan fingerprint density at radius 3 is 2.73 bits per heavy atom. The van der Waals surface area contributed by atoms with Gasteiger partial charge < -0.3 is 19.5 Å². The van der Waals surface area contributed by atoms with Crippen molar-refractivity contribution in [3.63, 3.8) is 0 Å². The van der Waals surface area contributed by atoms with Gasteiger partial charge in [-0.1, -0.05) is 12.1 Å². The molecule has 1 N–H and O–H groups in total. The number of ether oxygens (including phenoxy) is 1. The monoisotopic (exact) mass is 472 g/mol. The van der Waals surface area contributed by atoms with Crippen LogP contribution in [0.1, 0.15) is 41.9 Å². The van der Waals surface area contributed by atoms with Crippen LogP contribution in [0.25, 0.3) is 5.69 Å². The van der Waals surface area contributed by atoms with E-state index in [1.54, 1.807) is 23.0 Å². The van der Waals surface area contributed by atoms with Gasteiger partial charge in [-0.15, -0.1) is 0 Å². The highest BCUT2D eigenvalue weighted by Crippen LogP contribution is 2.40. The van der Waals surface area contributed by atoms with Crippen molar-refractivity contribution in [1.29, 1.82) is 0 Å². The number of pyridine rings is 1. The van der Waals surface area contributed by atoms with E-state index in [0.717, 1.165) is 36.9 Å². The van der Waals surface area contributed by atoms with Gasteiger partial charge in [0, 0.05) is 36.9 Å². The quantitative estimate of drug-likeness (QED) is 0.527. The molecule has 33 heavy (non-hydrogen) atoms. The second-order valence-electron chi connectivity index (χ2n) is 8.27. The predicted octanol–water partition coefficient (Wildman–Crippen LogP) is 5.04. The van der Waals surface area contributed by atoms with Crippen LogP contribution in [0.5, 0.6) is 0 Å². The van der Waals surface area contributed by atoms with Crippen LogP contribution in [-0.2, 0) is 10.9 Å². The standard InChI is InChI=1S/C24H23F3N4OS/c25-24(26,27)16-6-3-7-17(14-16)30-12-4-10-20(30)22-21(19-9-1-2-11-28-19)29-23(33)31(22)15-18-8-5-13-32-18/h1-4,6-7,9-12,14,18,21-22H,5,8,13,15H2,(H,29,33)/t18-,21-,22+/m0/s1. The normalized spacial score (nSPS) is 23.2. The number of halogens is 3. The lowest BCUT2D eigenvalue weighted by Crippen LogP contribution is -2.36. The Morgan fingerprint density at radius 1 is 1.12 bits per heavy atom. The van der Waals surface area contributed by atoms with E-state index in [1.807, 2.05) is 30.3 Å². The topological polar surface area (TPSA) is 42.3 Å². The van der Waals surface area contributed by atoms with Gasteiger partial charge in [-0.3, -0.25) is 4.98 Å². The molecule has 5 rings (SSSR count). The molecule has 1 aromatic carbocycles. The zero-order valence-electron chi connectivity index (χ0n) is 17.7. The number of hydrogen-bond donors (Lipinski definition) is 1. The first kappa shape index (κ1) is 21.9. The lowest BCUT2D eigenvalue weighted by molar-refractivity contribution is -0.137. The predicted molar refractivity (Wildman–Crippen MR) is 122 cm³/mol.